The Hall–Kier alpha value is -3.20. The van der Waals surface area contributed by atoms with Gasteiger partial charge in [-0.2, -0.15) is 5.10 Å². The van der Waals surface area contributed by atoms with Crippen LogP contribution in [0.5, 0.6) is 0 Å². The Labute approximate surface area is 159 Å². The number of aromatic nitrogens is 3. The van der Waals surface area contributed by atoms with Crippen LogP contribution in [0.2, 0.25) is 0 Å². The number of nitrogens with one attached hydrogen (secondary N) is 1. The van der Waals surface area contributed by atoms with Crippen LogP contribution in [-0.2, 0) is 13.0 Å². The Morgan fingerprint density at radius 3 is 2.74 bits per heavy atom. The lowest BCUT2D eigenvalue weighted by Crippen LogP contribution is -2.15. The van der Waals surface area contributed by atoms with Crippen molar-refractivity contribution in [2.24, 2.45) is 0 Å². The number of pyridine rings is 1. The topological polar surface area (TPSA) is 103 Å². The Bertz CT molecular complexity index is 959. The van der Waals surface area contributed by atoms with Crippen LogP contribution in [-0.4, -0.2) is 31.9 Å². The van der Waals surface area contributed by atoms with Gasteiger partial charge in [0.05, 0.1) is 4.92 Å². The zero-order valence-electron chi connectivity index (χ0n) is 14.5. The second-order valence-electron chi connectivity index (χ2n) is 5.66. The molecule has 0 atom stereocenters. The molecule has 1 aromatic carbocycles. The molecular formula is C18H17N5O3S. The molecule has 8 nitrogen and oxygen atoms in total. The molecule has 0 radical (unpaired) electrons. The molecule has 3 aromatic rings. The highest BCUT2D eigenvalue weighted by atomic mass is 32.2. The van der Waals surface area contributed by atoms with Crippen molar-refractivity contribution < 1.29 is 9.72 Å². The summed E-state index contributed by atoms with van der Waals surface area (Å²) in [6.45, 7) is 0.641. The lowest BCUT2D eigenvalue weighted by Gasteiger charge is -2.05. The summed E-state index contributed by atoms with van der Waals surface area (Å²) in [6.07, 6.45) is 7.84. The Morgan fingerprint density at radius 1 is 1.26 bits per heavy atom. The third-order valence-electron chi connectivity index (χ3n) is 3.91. The molecule has 27 heavy (non-hydrogen) atoms. The summed E-state index contributed by atoms with van der Waals surface area (Å²) in [5.74, 6) is -0.212. The van der Waals surface area contributed by atoms with Gasteiger partial charge in [0, 0.05) is 42.2 Å². The fourth-order valence-electron chi connectivity index (χ4n) is 2.51. The number of nitro groups is 1. The highest BCUT2D eigenvalue weighted by molar-refractivity contribution is 7.98. The van der Waals surface area contributed by atoms with E-state index in [1.807, 2.05) is 18.4 Å². The zero-order valence-corrected chi connectivity index (χ0v) is 15.3. The molecule has 138 valence electrons. The van der Waals surface area contributed by atoms with E-state index in [4.69, 9.17) is 0 Å². The van der Waals surface area contributed by atoms with Crippen molar-refractivity contribution >= 4 is 29.2 Å². The molecule has 0 unspecified atom stereocenters. The van der Waals surface area contributed by atoms with E-state index < -0.39 is 10.8 Å². The molecule has 2 aromatic heterocycles. The molecule has 0 spiro atoms. The van der Waals surface area contributed by atoms with Gasteiger partial charge in [0.15, 0.2) is 5.82 Å². The number of hydrogen-bond acceptors (Lipinski definition) is 6. The van der Waals surface area contributed by atoms with Gasteiger partial charge in [0.2, 0.25) is 0 Å². The largest absolute Gasteiger partial charge is 0.305 e. The van der Waals surface area contributed by atoms with Crippen molar-refractivity contribution in [3.63, 3.8) is 0 Å². The molecule has 0 aliphatic carbocycles. The maximum Gasteiger partial charge on any atom is 0.282 e. The number of rotatable bonds is 7. The van der Waals surface area contributed by atoms with E-state index >= 15 is 0 Å². The maximum absolute atomic E-state index is 12.5. The van der Waals surface area contributed by atoms with Crippen LogP contribution >= 0.6 is 11.8 Å². The first-order valence-electron chi connectivity index (χ1n) is 8.13. The summed E-state index contributed by atoms with van der Waals surface area (Å²) in [4.78, 5) is 27.9. The summed E-state index contributed by atoms with van der Waals surface area (Å²) in [5, 5.41) is 18.1. The van der Waals surface area contributed by atoms with Crippen LogP contribution in [0.3, 0.4) is 0 Å². The van der Waals surface area contributed by atoms with Crippen molar-refractivity contribution in [2.45, 2.75) is 17.9 Å². The monoisotopic (exact) mass is 383 g/mol. The minimum Gasteiger partial charge on any atom is -0.305 e. The fourth-order valence-corrected chi connectivity index (χ4v) is 2.95. The van der Waals surface area contributed by atoms with Gasteiger partial charge >= 0.3 is 0 Å². The van der Waals surface area contributed by atoms with Crippen LogP contribution in [0.4, 0.5) is 11.5 Å². The second kappa shape index (κ2) is 8.45. The number of nitrogens with zero attached hydrogens (tertiary/aromatic N) is 4. The average Bonchev–Trinajstić information content (AvgIpc) is 3.13. The summed E-state index contributed by atoms with van der Waals surface area (Å²) < 4.78 is 1.71. The molecule has 0 aliphatic rings. The van der Waals surface area contributed by atoms with E-state index in [0.717, 1.165) is 16.9 Å². The van der Waals surface area contributed by atoms with Crippen LogP contribution in [0.1, 0.15) is 15.9 Å². The van der Waals surface area contributed by atoms with E-state index in [2.05, 4.69) is 15.4 Å². The van der Waals surface area contributed by atoms with Crippen molar-refractivity contribution in [3.8, 4) is 0 Å². The number of hydrogen-bond donors (Lipinski definition) is 1. The predicted octanol–water partition coefficient (Wildman–Crippen LogP) is 3.40. The summed E-state index contributed by atoms with van der Waals surface area (Å²) in [6, 6.07) is 10.0. The number of carbonyl (C=O) groups is 1. The van der Waals surface area contributed by atoms with Crippen molar-refractivity contribution in [2.75, 3.05) is 11.6 Å². The van der Waals surface area contributed by atoms with Gasteiger partial charge in [-0.1, -0.05) is 0 Å². The average molecular weight is 383 g/mol. The molecule has 0 fully saturated rings. The number of thioether (sulfide) groups is 1. The highest BCUT2D eigenvalue weighted by Gasteiger charge is 2.21. The van der Waals surface area contributed by atoms with Crippen molar-refractivity contribution in [1.82, 2.24) is 14.8 Å². The van der Waals surface area contributed by atoms with Gasteiger partial charge in [0.25, 0.3) is 11.6 Å². The number of carbonyl (C=O) groups excluding carboxylic acids is 1. The Balaban J connectivity index is 1.70. The summed E-state index contributed by atoms with van der Waals surface area (Å²) >= 11 is 1.41. The molecule has 0 bridgehead atoms. The van der Waals surface area contributed by atoms with Crippen LogP contribution < -0.4 is 5.32 Å². The van der Waals surface area contributed by atoms with Gasteiger partial charge in [-0.3, -0.25) is 24.6 Å². The summed E-state index contributed by atoms with van der Waals surface area (Å²) in [5.41, 5.74) is 0.913. The SMILES string of the molecule is CSc1ccc([N+](=O)[O-])c(C(=O)Nc2ccn(CCc3ccncc3)n2)c1. The Morgan fingerprint density at radius 2 is 2.04 bits per heavy atom. The highest BCUT2D eigenvalue weighted by Crippen LogP contribution is 2.25. The minimum atomic E-state index is -0.563. The Kier molecular flexibility index (Phi) is 5.82. The third-order valence-corrected chi connectivity index (χ3v) is 4.63. The first kappa shape index (κ1) is 18.6. The first-order valence-corrected chi connectivity index (χ1v) is 9.35. The lowest BCUT2D eigenvalue weighted by atomic mass is 10.1. The van der Waals surface area contributed by atoms with Crippen molar-refractivity contribution in [3.05, 3.63) is 76.2 Å². The van der Waals surface area contributed by atoms with Crippen LogP contribution in [0, 0.1) is 10.1 Å². The predicted molar refractivity (Wildman–Crippen MR) is 103 cm³/mol. The van der Waals surface area contributed by atoms with Gasteiger partial charge in [-0.25, -0.2) is 0 Å². The quantitative estimate of drug-likeness (QED) is 0.381. The van der Waals surface area contributed by atoms with E-state index in [1.165, 1.54) is 23.9 Å². The standard InChI is InChI=1S/C18H17N5O3S/c1-27-14-2-3-16(23(25)26)15(12-14)18(24)20-17-7-11-22(21-17)10-6-13-4-8-19-9-5-13/h2-5,7-9,11-12H,6,10H2,1H3,(H,20,21,24). The zero-order chi connectivity index (χ0) is 19.2. The lowest BCUT2D eigenvalue weighted by molar-refractivity contribution is -0.385. The van der Waals surface area contributed by atoms with Gasteiger partial charge in [-0.05, 0) is 42.5 Å². The number of amides is 1. The molecule has 2 heterocycles. The van der Waals surface area contributed by atoms with E-state index in [1.54, 1.807) is 35.4 Å². The maximum atomic E-state index is 12.5. The van der Waals surface area contributed by atoms with E-state index in [0.29, 0.717) is 12.4 Å². The molecule has 0 aliphatic heterocycles. The molecular weight excluding hydrogens is 366 g/mol. The first-order chi connectivity index (χ1) is 13.1. The number of benzene rings is 1. The van der Waals surface area contributed by atoms with Crippen LogP contribution in [0.15, 0.2) is 59.9 Å². The smallest absolute Gasteiger partial charge is 0.282 e. The normalized spacial score (nSPS) is 10.6. The van der Waals surface area contributed by atoms with Gasteiger partial charge in [-0.15, -0.1) is 11.8 Å². The number of nitro benzene ring substituents is 1. The molecule has 3 rings (SSSR count). The summed E-state index contributed by atoms with van der Waals surface area (Å²) in [7, 11) is 0. The third kappa shape index (κ3) is 4.70. The van der Waals surface area contributed by atoms with Gasteiger partial charge in [0.1, 0.15) is 5.56 Å². The second-order valence-corrected chi connectivity index (χ2v) is 6.54. The van der Waals surface area contributed by atoms with Crippen LogP contribution in [0.25, 0.3) is 0 Å². The number of anilines is 1. The molecule has 1 N–H and O–H groups in total. The van der Waals surface area contributed by atoms with E-state index in [9.17, 15) is 14.9 Å². The molecule has 0 saturated heterocycles. The molecule has 9 heteroatoms. The fraction of sp³-hybridized carbons (Fsp3) is 0.167. The van der Waals surface area contributed by atoms with Gasteiger partial charge < -0.3 is 5.32 Å². The minimum absolute atomic E-state index is 0.0122. The van der Waals surface area contributed by atoms with E-state index in [-0.39, 0.29) is 11.3 Å². The molecule has 0 saturated carbocycles. The number of aryl methyl sites for hydroxylation is 2. The van der Waals surface area contributed by atoms with Crippen molar-refractivity contribution in [1.29, 1.82) is 0 Å². The molecule has 1 amide bonds.